The standard InChI is InChI=1S/C14H14N2O5/c17-13-6-10-5-12(13)15(7-10)14(18)21-8-9-1-3-11(4-2-9)16(19)20/h1-4,10,12H,5-8H2/t10-,12-/m0/s1. The number of carbonyl (C=O) groups excluding carboxylic acids is 2. The van der Waals surface area contributed by atoms with Gasteiger partial charge in [0.1, 0.15) is 6.61 Å². The highest BCUT2D eigenvalue weighted by Crippen LogP contribution is 2.35. The van der Waals surface area contributed by atoms with Crippen LogP contribution >= 0.6 is 0 Å². The van der Waals surface area contributed by atoms with Crippen LogP contribution in [0.2, 0.25) is 0 Å². The Bertz CT molecular complexity index is 598. The van der Waals surface area contributed by atoms with Gasteiger partial charge in [-0.2, -0.15) is 0 Å². The predicted molar refractivity (Wildman–Crippen MR) is 71.5 cm³/mol. The Morgan fingerprint density at radius 2 is 2.10 bits per heavy atom. The molecular formula is C14H14N2O5. The van der Waals surface area contributed by atoms with Crippen molar-refractivity contribution < 1.29 is 19.2 Å². The Morgan fingerprint density at radius 1 is 1.38 bits per heavy atom. The average molecular weight is 290 g/mol. The maximum absolute atomic E-state index is 12.0. The van der Waals surface area contributed by atoms with Crippen molar-refractivity contribution in [3.8, 4) is 0 Å². The molecule has 0 unspecified atom stereocenters. The predicted octanol–water partition coefficient (Wildman–Crippen LogP) is 1.89. The number of Topliss-reactive ketones (excluding diaryl/α,β-unsaturated/α-hetero) is 1. The van der Waals surface area contributed by atoms with E-state index in [9.17, 15) is 19.7 Å². The largest absolute Gasteiger partial charge is 0.445 e. The van der Waals surface area contributed by atoms with Crippen molar-refractivity contribution in [3.05, 3.63) is 39.9 Å². The van der Waals surface area contributed by atoms with Gasteiger partial charge in [0.15, 0.2) is 5.78 Å². The smallest absolute Gasteiger partial charge is 0.410 e. The minimum absolute atomic E-state index is 0.00692. The van der Waals surface area contributed by atoms with Crippen LogP contribution in [0, 0.1) is 16.0 Å². The van der Waals surface area contributed by atoms with Gasteiger partial charge in [-0.25, -0.2) is 4.79 Å². The summed E-state index contributed by atoms with van der Waals surface area (Å²) in [7, 11) is 0. The van der Waals surface area contributed by atoms with Crippen molar-refractivity contribution in [1.29, 1.82) is 0 Å². The molecule has 2 atom stereocenters. The van der Waals surface area contributed by atoms with Crippen molar-refractivity contribution >= 4 is 17.6 Å². The van der Waals surface area contributed by atoms with Gasteiger partial charge in [-0.1, -0.05) is 0 Å². The summed E-state index contributed by atoms with van der Waals surface area (Å²) in [6.07, 6.45) is 0.816. The third kappa shape index (κ3) is 2.58. The number of nitro groups is 1. The molecule has 110 valence electrons. The minimum Gasteiger partial charge on any atom is -0.445 e. The number of non-ortho nitro benzene ring substituents is 1. The van der Waals surface area contributed by atoms with Gasteiger partial charge in [-0.3, -0.25) is 19.8 Å². The van der Waals surface area contributed by atoms with Crippen LogP contribution in [-0.4, -0.2) is 34.3 Å². The van der Waals surface area contributed by atoms with Gasteiger partial charge >= 0.3 is 6.09 Å². The summed E-state index contributed by atoms with van der Waals surface area (Å²) in [5.41, 5.74) is 0.664. The number of rotatable bonds is 3. The lowest BCUT2D eigenvalue weighted by Gasteiger charge is -2.25. The SMILES string of the molecule is O=C1C[C@@H]2C[C@@H]1N(C(=O)OCc1ccc([N+](=O)[O-])cc1)C2. The van der Waals surface area contributed by atoms with Crippen LogP contribution in [0.1, 0.15) is 18.4 Å². The lowest BCUT2D eigenvalue weighted by Crippen LogP contribution is -2.42. The Kier molecular flexibility index (Phi) is 3.32. The number of benzene rings is 1. The number of amides is 1. The second-order valence-electron chi connectivity index (χ2n) is 5.42. The molecule has 21 heavy (non-hydrogen) atoms. The molecule has 1 aliphatic heterocycles. The molecule has 1 aromatic rings. The zero-order valence-electron chi connectivity index (χ0n) is 11.2. The Hall–Kier alpha value is -2.44. The molecule has 2 aliphatic rings. The highest BCUT2D eigenvalue weighted by molar-refractivity contribution is 5.91. The molecule has 0 aromatic heterocycles. The quantitative estimate of drug-likeness (QED) is 0.626. The molecule has 1 heterocycles. The molecular weight excluding hydrogens is 276 g/mol. The zero-order chi connectivity index (χ0) is 15.0. The van der Waals surface area contributed by atoms with Crippen LogP contribution in [0.3, 0.4) is 0 Å². The zero-order valence-corrected chi connectivity index (χ0v) is 11.2. The van der Waals surface area contributed by atoms with Gasteiger partial charge in [-0.05, 0) is 30.0 Å². The van der Waals surface area contributed by atoms with E-state index in [1.807, 2.05) is 0 Å². The molecule has 2 fully saturated rings. The highest BCUT2D eigenvalue weighted by atomic mass is 16.6. The first-order chi connectivity index (χ1) is 10.0. The highest BCUT2D eigenvalue weighted by Gasteiger charge is 2.46. The number of hydrogen-bond acceptors (Lipinski definition) is 5. The second-order valence-corrected chi connectivity index (χ2v) is 5.42. The van der Waals surface area contributed by atoms with Gasteiger partial charge in [-0.15, -0.1) is 0 Å². The first-order valence-corrected chi connectivity index (χ1v) is 6.74. The molecule has 1 saturated heterocycles. The molecule has 1 saturated carbocycles. The van der Waals surface area contributed by atoms with Crippen LogP contribution in [-0.2, 0) is 16.1 Å². The fraction of sp³-hybridized carbons (Fsp3) is 0.429. The van der Waals surface area contributed by atoms with Crippen molar-refractivity contribution in [1.82, 2.24) is 4.90 Å². The number of piperidine rings is 1. The van der Waals surface area contributed by atoms with Gasteiger partial charge < -0.3 is 4.74 Å². The van der Waals surface area contributed by atoms with E-state index in [1.54, 1.807) is 12.1 Å². The maximum Gasteiger partial charge on any atom is 0.410 e. The number of nitrogens with zero attached hydrogens (tertiary/aromatic N) is 2. The number of likely N-dealkylation sites (tertiary alicyclic amines) is 1. The molecule has 0 radical (unpaired) electrons. The van der Waals surface area contributed by atoms with E-state index in [1.165, 1.54) is 17.0 Å². The average Bonchev–Trinajstić information content (AvgIpc) is 3.04. The van der Waals surface area contributed by atoms with E-state index in [0.717, 1.165) is 6.42 Å². The summed E-state index contributed by atoms with van der Waals surface area (Å²) in [5.74, 6) is 0.382. The normalized spacial score (nSPS) is 23.4. The van der Waals surface area contributed by atoms with Crippen molar-refractivity contribution in [3.63, 3.8) is 0 Å². The monoisotopic (exact) mass is 290 g/mol. The van der Waals surface area contributed by atoms with Gasteiger partial charge in [0.25, 0.3) is 5.69 Å². The summed E-state index contributed by atoms with van der Waals surface area (Å²) >= 11 is 0. The number of ketones is 1. The number of carbonyl (C=O) groups is 2. The van der Waals surface area contributed by atoms with E-state index in [-0.39, 0.29) is 30.0 Å². The van der Waals surface area contributed by atoms with Crippen LogP contribution < -0.4 is 0 Å². The summed E-state index contributed by atoms with van der Waals surface area (Å²) in [6.45, 7) is 0.619. The molecule has 0 N–H and O–H groups in total. The van der Waals surface area contributed by atoms with E-state index >= 15 is 0 Å². The molecule has 1 aliphatic carbocycles. The van der Waals surface area contributed by atoms with Crippen LogP contribution in [0.15, 0.2) is 24.3 Å². The number of nitro benzene ring substituents is 1. The third-order valence-electron chi connectivity index (χ3n) is 3.99. The number of ether oxygens (including phenoxy) is 1. The van der Waals surface area contributed by atoms with Crippen LogP contribution in [0.25, 0.3) is 0 Å². The first-order valence-electron chi connectivity index (χ1n) is 6.74. The molecule has 1 aromatic carbocycles. The molecule has 1 amide bonds. The topological polar surface area (TPSA) is 89.8 Å². The van der Waals surface area contributed by atoms with Crippen molar-refractivity contribution in [2.75, 3.05) is 6.54 Å². The number of hydrogen-bond donors (Lipinski definition) is 0. The van der Waals surface area contributed by atoms with E-state index in [4.69, 9.17) is 4.74 Å². The molecule has 7 nitrogen and oxygen atoms in total. The van der Waals surface area contributed by atoms with E-state index in [2.05, 4.69) is 0 Å². The lowest BCUT2D eigenvalue weighted by atomic mass is 10.1. The summed E-state index contributed by atoms with van der Waals surface area (Å²) < 4.78 is 5.18. The molecule has 0 spiro atoms. The second kappa shape index (κ2) is 5.16. The van der Waals surface area contributed by atoms with Gasteiger partial charge in [0, 0.05) is 25.1 Å². The Morgan fingerprint density at radius 3 is 2.67 bits per heavy atom. The minimum atomic E-state index is -0.492. The maximum atomic E-state index is 12.0. The Balaban J connectivity index is 1.56. The molecule has 2 bridgehead atoms. The molecule has 3 rings (SSSR count). The Labute approximate surface area is 120 Å². The molecule has 7 heteroatoms. The fourth-order valence-corrected chi connectivity index (χ4v) is 2.94. The lowest BCUT2D eigenvalue weighted by molar-refractivity contribution is -0.384. The number of fused-ring (bicyclic) bond motifs is 2. The summed E-state index contributed by atoms with van der Waals surface area (Å²) in [5, 5.41) is 10.5. The first kappa shape index (κ1) is 13.5. The van der Waals surface area contributed by atoms with Crippen molar-refractivity contribution in [2.24, 2.45) is 5.92 Å². The van der Waals surface area contributed by atoms with Crippen molar-refractivity contribution in [2.45, 2.75) is 25.5 Å². The van der Waals surface area contributed by atoms with Crippen LogP contribution in [0.4, 0.5) is 10.5 Å². The van der Waals surface area contributed by atoms with Gasteiger partial charge in [0.2, 0.25) is 0 Å². The van der Waals surface area contributed by atoms with Crippen LogP contribution in [0.5, 0.6) is 0 Å². The van der Waals surface area contributed by atoms with Gasteiger partial charge in [0.05, 0.1) is 11.0 Å². The van der Waals surface area contributed by atoms with E-state index < -0.39 is 11.0 Å². The summed E-state index contributed by atoms with van der Waals surface area (Å²) in [4.78, 5) is 35.1. The summed E-state index contributed by atoms with van der Waals surface area (Å²) in [6, 6.07) is 5.51. The fourth-order valence-electron chi connectivity index (χ4n) is 2.94. The van der Waals surface area contributed by atoms with E-state index in [0.29, 0.717) is 18.5 Å². The third-order valence-corrected chi connectivity index (χ3v) is 3.99.